The number of aromatic nitrogens is 2. The molecule has 0 saturated carbocycles. The summed E-state index contributed by atoms with van der Waals surface area (Å²) >= 11 is 0. The van der Waals surface area contributed by atoms with Crippen LogP contribution >= 0.6 is 0 Å². The molecule has 19 heavy (non-hydrogen) atoms. The van der Waals surface area contributed by atoms with E-state index in [1.54, 1.807) is 0 Å². The number of anilines is 2. The number of hydrogen-bond donors (Lipinski definition) is 1. The van der Waals surface area contributed by atoms with Crippen molar-refractivity contribution in [3.63, 3.8) is 0 Å². The predicted molar refractivity (Wildman–Crippen MR) is 79.1 cm³/mol. The van der Waals surface area contributed by atoms with Crippen molar-refractivity contribution in [3.05, 3.63) is 47.4 Å². The number of aryl methyl sites for hydroxylation is 2. The minimum atomic E-state index is 0.790. The van der Waals surface area contributed by atoms with Crippen LogP contribution < -0.4 is 10.6 Å². The van der Waals surface area contributed by atoms with Gasteiger partial charge in [-0.15, -0.1) is 0 Å². The topological polar surface area (TPSA) is 55.0 Å². The predicted octanol–water partition coefficient (Wildman–Crippen LogP) is 2.70. The molecule has 0 spiro atoms. The second-order valence-electron chi connectivity index (χ2n) is 4.65. The molecule has 0 aliphatic heterocycles. The van der Waals surface area contributed by atoms with Crippen LogP contribution in [0.3, 0.4) is 0 Å². The summed E-state index contributed by atoms with van der Waals surface area (Å²) in [7, 11) is 0. The SMILES string of the molecule is CCN(Cc1ccc(N)cc1)c1cnc(C)c(C)n1. The lowest BCUT2D eigenvalue weighted by Gasteiger charge is -2.22. The zero-order valence-corrected chi connectivity index (χ0v) is 11.7. The molecule has 2 N–H and O–H groups in total. The Morgan fingerprint density at radius 3 is 2.37 bits per heavy atom. The van der Waals surface area contributed by atoms with E-state index >= 15 is 0 Å². The van der Waals surface area contributed by atoms with E-state index in [9.17, 15) is 0 Å². The largest absolute Gasteiger partial charge is 0.399 e. The van der Waals surface area contributed by atoms with Crippen molar-refractivity contribution in [2.24, 2.45) is 0 Å². The normalized spacial score (nSPS) is 10.5. The summed E-state index contributed by atoms with van der Waals surface area (Å²) in [6, 6.07) is 7.95. The molecular weight excluding hydrogens is 236 g/mol. The Hall–Kier alpha value is -2.10. The summed E-state index contributed by atoms with van der Waals surface area (Å²) in [5.41, 5.74) is 9.67. The van der Waals surface area contributed by atoms with E-state index < -0.39 is 0 Å². The highest BCUT2D eigenvalue weighted by molar-refractivity contribution is 5.42. The van der Waals surface area contributed by atoms with E-state index in [0.717, 1.165) is 36.0 Å². The second-order valence-corrected chi connectivity index (χ2v) is 4.65. The minimum absolute atomic E-state index is 0.790. The lowest BCUT2D eigenvalue weighted by atomic mass is 10.2. The van der Waals surface area contributed by atoms with Crippen LogP contribution in [0.4, 0.5) is 11.5 Å². The molecule has 0 aliphatic carbocycles. The van der Waals surface area contributed by atoms with Crippen molar-refractivity contribution in [2.45, 2.75) is 27.3 Å². The Bertz CT molecular complexity index is 549. The molecule has 0 bridgehead atoms. The molecule has 1 aromatic heterocycles. The number of nitrogen functional groups attached to an aromatic ring is 1. The number of nitrogens with zero attached hydrogens (tertiary/aromatic N) is 3. The first-order chi connectivity index (χ1) is 9.10. The maximum Gasteiger partial charge on any atom is 0.147 e. The van der Waals surface area contributed by atoms with Crippen LogP contribution in [-0.4, -0.2) is 16.5 Å². The number of rotatable bonds is 4. The maximum absolute atomic E-state index is 5.70. The summed E-state index contributed by atoms with van der Waals surface area (Å²) in [5.74, 6) is 0.919. The highest BCUT2D eigenvalue weighted by Gasteiger charge is 2.08. The molecule has 1 aromatic carbocycles. The van der Waals surface area contributed by atoms with Crippen molar-refractivity contribution in [1.29, 1.82) is 0 Å². The van der Waals surface area contributed by atoms with Crippen LogP contribution in [0.15, 0.2) is 30.5 Å². The van der Waals surface area contributed by atoms with Crippen LogP contribution in [0.25, 0.3) is 0 Å². The van der Waals surface area contributed by atoms with E-state index in [1.165, 1.54) is 5.56 Å². The van der Waals surface area contributed by atoms with E-state index in [4.69, 9.17) is 5.73 Å². The molecule has 0 aliphatic rings. The molecule has 0 saturated heterocycles. The standard InChI is InChI=1S/C15H20N4/c1-4-19(10-13-5-7-14(16)8-6-13)15-9-17-11(2)12(3)18-15/h5-9H,4,10,16H2,1-3H3. The first-order valence-electron chi connectivity index (χ1n) is 6.49. The lowest BCUT2D eigenvalue weighted by Crippen LogP contribution is -2.23. The third-order valence-electron chi connectivity index (χ3n) is 3.24. The molecule has 2 aromatic rings. The van der Waals surface area contributed by atoms with Gasteiger partial charge in [-0.1, -0.05) is 12.1 Å². The number of benzene rings is 1. The van der Waals surface area contributed by atoms with E-state index in [0.29, 0.717) is 0 Å². The Balaban J connectivity index is 2.19. The summed E-state index contributed by atoms with van der Waals surface area (Å²) < 4.78 is 0. The highest BCUT2D eigenvalue weighted by Crippen LogP contribution is 2.16. The monoisotopic (exact) mass is 256 g/mol. The Labute approximate surface area is 114 Å². The zero-order chi connectivity index (χ0) is 13.8. The van der Waals surface area contributed by atoms with Gasteiger partial charge >= 0.3 is 0 Å². The van der Waals surface area contributed by atoms with Crippen molar-refractivity contribution >= 4 is 11.5 Å². The minimum Gasteiger partial charge on any atom is -0.399 e. The molecule has 2 rings (SSSR count). The van der Waals surface area contributed by atoms with Crippen molar-refractivity contribution in [2.75, 3.05) is 17.2 Å². The molecule has 0 fully saturated rings. The Kier molecular flexibility index (Phi) is 4.00. The average Bonchev–Trinajstić information content (AvgIpc) is 2.41. The number of nitrogens with two attached hydrogens (primary N) is 1. The van der Waals surface area contributed by atoms with Gasteiger partial charge in [-0.05, 0) is 38.5 Å². The molecule has 0 amide bonds. The summed E-state index contributed by atoms with van der Waals surface area (Å²) in [6.45, 7) is 7.79. The van der Waals surface area contributed by atoms with Gasteiger partial charge in [0, 0.05) is 18.8 Å². The lowest BCUT2D eigenvalue weighted by molar-refractivity contribution is 0.802. The molecule has 0 atom stereocenters. The third kappa shape index (κ3) is 3.22. The molecule has 0 unspecified atom stereocenters. The third-order valence-corrected chi connectivity index (χ3v) is 3.24. The van der Waals surface area contributed by atoms with Crippen molar-refractivity contribution in [3.8, 4) is 0 Å². The van der Waals surface area contributed by atoms with Crippen LogP contribution in [0, 0.1) is 13.8 Å². The van der Waals surface area contributed by atoms with E-state index in [-0.39, 0.29) is 0 Å². The van der Waals surface area contributed by atoms with Gasteiger partial charge in [0.05, 0.1) is 17.6 Å². The molecule has 1 heterocycles. The maximum atomic E-state index is 5.70. The number of hydrogen-bond acceptors (Lipinski definition) is 4. The van der Waals surface area contributed by atoms with Gasteiger partial charge < -0.3 is 10.6 Å². The smallest absolute Gasteiger partial charge is 0.147 e. The second kappa shape index (κ2) is 5.69. The Morgan fingerprint density at radius 1 is 1.11 bits per heavy atom. The van der Waals surface area contributed by atoms with Gasteiger partial charge in [-0.2, -0.15) is 0 Å². The molecule has 4 heteroatoms. The van der Waals surface area contributed by atoms with Gasteiger partial charge in [-0.25, -0.2) is 4.98 Å². The van der Waals surface area contributed by atoms with Gasteiger partial charge in [0.25, 0.3) is 0 Å². The van der Waals surface area contributed by atoms with Gasteiger partial charge in [-0.3, -0.25) is 4.98 Å². The summed E-state index contributed by atoms with van der Waals surface area (Å²) in [6.07, 6.45) is 1.84. The first-order valence-corrected chi connectivity index (χ1v) is 6.49. The fraction of sp³-hybridized carbons (Fsp3) is 0.333. The van der Waals surface area contributed by atoms with Gasteiger partial charge in [0.2, 0.25) is 0 Å². The van der Waals surface area contributed by atoms with Crippen LogP contribution in [0.2, 0.25) is 0 Å². The quantitative estimate of drug-likeness (QED) is 0.855. The fourth-order valence-electron chi connectivity index (χ4n) is 1.88. The molecule has 0 radical (unpaired) electrons. The van der Waals surface area contributed by atoms with Crippen molar-refractivity contribution in [1.82, 2.24) is 9.97 Å². The van der Waals surface area contributed by atoms with Crippen LogP contribution in [0.5, 0.6) is 0 Å². The first kappa shape index (κ1) is 13.3. The molecule has 100 valence electrons. The van der Waals surface area contributed by atoms with Crippen molar-refractivity contribution < 1.29 is 0 Å². The van der Waals surface area contributed by atoms with Crippen LogP contribution in [0.1, 0.15) is 23.9 Å². The average molecular weight is 256 g/mol. The molecular formula is C15H20N4. The fourth-order valence-corrected chi connectivity index (χ4v) is 1.88. The Morgan fingerprint density at radius 2 is 1.79 bits per heavy atom. The van der Waals surface area contributed by atoms with Gasteiger partial charge in [0.15, 0.2) is 0 Å². The summed E-state index contributed by atoms with van der Waals surface area (Å²) in [4.78, 5) is 11.2. The zero-order valence-electron chi connectivity index (χ0n) is 11.7. The highest BCUT2D eigenvalue weighted by atomic mass is 15.2. The van der Waals surface area contributed by atoms with E-state index in [2.05, 4.69) is 21.8 Å². The molecule has 4 nitrogen and oxygen atoms in total. The summed E-state index contributed by atoms with van der Waals surface area (Å²) in [5, 5.41) is 0. The van der Waals surface area contributed by atoms with E-state index in [1.807, 2.05) is 44.3 Å². The van der Waals surface area contributed by atoms with Gasteiger partial charge in [0.1, 0.15) is 5.82 Å². The van der Waals surface area contributed by atoms with Crippen LogP contribution in [-0.2, 0) is 6.54 Å².